The maximum Gasteiger partial charge on any atom is 0.342 e. The molecule has 0 aliphatic heterocycles. The molecule has 0 aromatic heterocycles. The quantitative estimate of drug-likeness (QED) is 0.655. The molecule has 0 amide bonds. The van der Waals surface area contributed by atoms with Gasteiger partial charge in [-0.25, -0.2) is 4.79 Å². The van der Waals surface area contributed by atoms with Crippen LogP contribution in [0.1, 0.15) is 31.1 Å². The second-order valence-electron chi connectivity index (χ2n) is 3.70. The van der Waals surface area contributed by atoms with Crippen LogP contribution >= 0.6 is 0 Å². The summed E-state index contributed by atoms with van der Waals surface area (Å²) < 4.78 is 0. The molecule has 1 aromatic carbocycles. The zero-order valence-corrected chi connectivity index (χ0v) is 11.5. The van der Waals surface area contributed by atoms with E-state index < -0.39 is 10.9 Å². The minimum atomic E-state index is -1.29. The molecule has 1 aromatic rings. The van der Waals surface area contributed by atoms with Crippen LogP contribution in [0.4, 0.5) is 5.69 Å². The van der Waals surface area contributed by atoms with E-state index in [2.05, 4.69) is 25.7 Å². The van der Waals surface area contributed by atoms with Gasteiger partial charge in [0.25, 0.3) is 5.69 Å². The predicted octanol–water partition coefficient (Wildman–Crippen LogP) is 2.64. The molecule has 0 radical (unpaired) electrons. The molecule has 6 heteroatoms. The number of hydrogen-bond donors (Lipinski definition) is 1. The van der Waals surface area contributed by atoms with Gasteiger partial charge in [0.2, 0.25) is 0 Å². The number of nitro benzene ring substituents is 1. The van der Waals surface area contributed by atoms with Crippen LogP contribution in [-0.2, 0) is 0 Å². The van der Waals surface area contributed by atoms with Crippen molar-refractivity contribution in [3.8, 4) is 0 Å². The molecule has 1 rings (SSSR count). The number of nitrogens with zero attached hydrogens (tertiary/aromatic N) is 2. The maximum atomic E-state index is 10.4. The molecule has 0 saturated heterocycles. The van der Waals surface area contributed by atoms with Crippen LogP contribution in [0.15, 0.2) is 24.3 Å². The highest BCUT2D eigenvalue weighted by Crippen LogP contribution is 2.16. The Morgan fingerprint density at radius 2 is 1.68 bits per heavy atom. The number of aromatic carboxylic acids is 1. The summed E-state index contributed by atoms with van der Waals surface area (Å²) in [6.45, 7) is 10.1. The van der Waals surface area contributed by atoms with Crippen LogP contribution in [0, 0.1) is 10.1 Å². The third-order valence-electron chi connectivity index (χ3n) is 2.67. The standard InChI is InChI=1S/C7H5NO4.C6H15N/c9-7(10)5-3-1-2-4-6(5)8(11)12;1-4-7(5-2)6-3/h1-4H,(H,9,10);4-6H2,1-3H3. The third-order valence-corrected chi connectivity index (χ3v) is 2.67. The first-order chi connectivity index (χ1) is 8.97. The molecule has 0 bridgehead atoms. The summed E-state index contributed by atoms with van der Waals surface area (Å²) in [5, 5.41) is 18.8. The van der Waals surface area contributed by atoms with Crippen LogP contribution in [0.2, 0.25) is 0 Å². The number of para-hydroxylation sites is 1. The number of nitro groups is 1. The fourth-order valence-corrected chi connectivity index (χ4v) is 1.48. The van der Waals surface area contributed by atoms with Crippen LogP contribution in [0.5, 0.6) is 0 Å². The number of carboxylic acid groups (broad SMARTS) is 1. The molecule has 0 heterocycles. The van der Waals surface area contributed by atoms with Crippen LogP contribution in [-0.4, -0.2) is 40.5 Å². The fourth-order valence-electron chi connectivity index (χ4n) is 1.48. The van der Waals surface area contributed by atoms with E-state index in [0.29, 0.717) is 0 Å². The van der Waals surface area contributed by atoms with Crippen molar-refractivity contribution in [1.82, 2.24) is 4.90 Å². The van der Waals surface area contributed by atoms with Gasteiger partial charge in [0.15, 0.2) is 0 Å². The lowest BCUT2D eigenvalue weighted by Crippen LogP contribution is -2.21. The van der Waals surface area contributed by atoms with Gasteiger partial charge in [-0.05, 0) is 25.7 Å². The second kappa shape index (κ2) is 9.04. The maximum absolute atomic E-state index is 10.4. The Morgan fingerprint density at radius 3 is 1.95 bits per heavy atom. The molecule has 19 heavy (non-hydrogen) atoms. The van der Waals surface area contributed by atoms with Gasteiger partial charge in [0.1, 0.15) is 5.56 Å². The average molecular weight is 268 g/mol. The van der Waals surface area contributed by atoms with Crippen LogP contribution in [0.3, 0.4) is 0 Å². The van der Waals surface area contributed by atoms with E-state index in [0.717, 1.165) is 6.07 Å². The van der Waals surface area contributed by atoms with Gasteiger partial charge < -0.3 is 10.0 Å². The zero-order valence-electron chi connectivity index (χ0n) is 11.5. The molecule has 0 spiro atoms. The normalized spacial score (nSPS) is 9.68. The molecule has 0 unspecified atom stereocenters. The van der Waals surface area contributed by atoms with Crippen molar-refractivity contribution in [3.05, 3.63) is 39.9 Å². The molecular formula is C13H20N2O4. The zero-order chi connectivity index (χ0) is 14.8. The van der Waals surface area contributed by atoms with E-state index in [1.54, 1.807) is 0 Å². The first-order valence-corrected chi connectivity index (χ1v) is 6.16. The number of carboxylic acids is 1. The van der Waals surface area contributed by atoms with Gasteiger partial charge in [0.05, 0.1) is 4.92 Å². The Hall–Kier alpha value is -1.95. The third kappa shape index (κ3) is 5.96. The summed E-state index contributed by atoms with van der Waals surface area (Å²) in [6, 6.07) is 5.21. The van der Waals surface area contributed by atoms with Crippen molar-refractivity contribution < 1.29 is 14.8 Å². The summed E-state index contributed by atoms with van der Waals surface area (Å²) in [4.78, 5) is 22.3. The van der Waals surface area contributed by atoms with E-state index in [4.69, 9.17) is 5.11 Å². The highest BCUT2D eigenvalue weighted by Gasteiger charge is 2.17. The van der Waals surface area contributed by atoms with Gasteiger partial charge in [-0.3, -0.25) is 10.1 Å². The van der Waals surface area contributed by atoms with E-state index in [9.17, 15) is 14.9 Å². The van der Waals surface area contributed by atoms with Gasteiger partial charge >= 0.3 is 5.97 Å². The molecule has 0 saturated carbocycles. The van der Waals surface area contributed by atoms with E-state index in [-0.39, 0.29) is 11.3 Å². The Labute approximate surface area is 112 Å². The molecule has 0 aliphatic rings. The van der Waals surface area contributed by atoms with Crippen LogP contribution < -0.4 is 0 Å². The van der Waals surface area contributed by atoms with Gasteiger partial charge in [-0.1, -0.05) is 32.9 Å². The Kier molecular flexibility index (Phi) is 8.12. The monoisotopic (exact) mass is 268 g/mol. The Bertz CT molecular complexity index is 378. The Morgan fingerprint density at radius 1 is 1.21 bits per heavy atom. The number of hydrogen-bond acceptors (Lipinski definition) is 4. The minimum Gasteiger partial charge on any atom is -0.477 e. The second-order valence-corrected chi connectivity index (χ2v) is 3.70. The fraction of sp³-hybridized carbons (Fsp3) is 0.462. The number of benzene rings is 1. The minimum absolute atomic E-state index is 0.289. The first-order valence-electron chi connectivity index (χ1n) is 6.16. The lowest BCUT2D eigenvalue weighted by atomic mass is 10.2. The van der Waals surface area contributed by atoms with Crippen molar-refractivity contribution in [2.75, 3.05) is 19.6 Å². The summed E-state index contributed by atoms with van der Waals surface area (Å²) in [5.74, 6) is -1.29. The molecular weight excluding hydrogens is 248 g/mol. The highest BCUT2D eigenvalue weighted by atomic mass is 16.6. The average Bonchev–Trinajstić information content (AvgIpc) is 2.41. The van der Waals surface area contributed by atoms with Crippen molar-refractivity contribution in [2.24, 2.45) is 0 Å². The van der Waals surface area contributed by atoms with E-state index in [1.165, 1.54) is 37.8 Å². The summed E-state index contributed by atoms with van der Waals surface area (Å²) in [6.07, 6.45) is 0. The predicted molar refractivity (Wildman–Crippen MR) is 73.5 cm³/mol. The summed E-state index contributed by atoms with van der Waals surface area (Å²) >= 11 is 0. The van der Waals surface area contributed by atoms with Crippen molar-refractivity contribution >= 4 is 11.7 Å². The number of carbonyl (C=O) groups is 1. The molecule has 1 N–H and O–H groups in total. The Balaban J connectivity index is 0.000000399. The molecule has 106 valence electrons. The SMILES string of the molecule is CCN(CC)CC.O=C(O)c1ccccc1[N+](=O)[O-]. The highest BCUT2D eigenvalue weighted by molar-refractivity contribution is 5.92. The smallest absolute Gasteiger partial charge is 0.342 e. The molecule has 6 nitrogen and oxygen atoms in total. The van der Waals surface area contributed by atoms with Gasteiger partial charge in [0, 0.05) is 6.07 Å². The van der Waals surface area contributed by atoms with Crippen molar-refractivity contribution in [3.63, 3.8) is 0 Å². The van der Waals surface area contributed by atoms with Crippen LogP contribution in [0.25, 0.3) is 0 Å². The topological polar surface area (TPSA) is 83.7 Å². The van der Waals surface area contributed by atoms with Gasteiger partial charge in [-0.15, -0.1) is 0 Å². The largest absolute Gasteiger partial charge is 0.477 e. The van der Waals surface area contributed by atoms with E-state index in [1.807, 2.05) is 0 Å². The number of rotatable bonds is 5. The molecule has 0 atom stereocenters. The lowest BCUT2D eigenvalue weighted by molar-refractivity contribution is -0.385. The van der Waals surface area contributed by atoms with Crippen molar-refractivity contribution in [1.29, 1.82) is 0 Å². The molecule has 0 fully saturated rings. The summed E-state index contributed by atoms with van der Waals surface area (Å²) in [7, 11) is 0. The van der Waals surface area contributed by atoms with E-state index >= 15 is 0 Å². The van der Waals surface area contributed by atoms with Crippen molar-refractivity contribution in [2.45, 2.75) is 20.8 Å². The molecule has 0 aliphatic carbocycles. The first kappa shape index (κ1) is 17.1. The summed E-state index contributed by atoms with van der Waals surface area (Å²) in [5.41, 5.74) is -0.674. The lowest BCUT2D eigenvalue weighted by Gasteiger charge is -2.13. The van der Waals surface area contributed by atoms with Gasteiger partial charge in [-0.2, -0.15) is 0 Å².